The Labute approximate surface area is 63.6 Å². The van der Waals surface area contributed by atoms with Gasteiger partial charge in [0.25, 0.3) is 0 Å². The standard InChI is InChI=1S/C2H7NO.7H2O/c3-1-2-4;;;;;;;/h4H,1-3H2;7*1H2. The molecule has 9 heteroatoms. The predicted octanol–water partition coefficient (Wildman–Crippen LogP) is -6.84. The Hall–Kier alpha value is -0.360. The van der Waals surface area contributed by atoms with Gasteiger partial charge in [0.1, 0.15) is 0 Å². The zero-order valence-electron chi connectivity index (χ0n) is 5.94. The van der Waals surface area contributed by atoms with Gasteiger partial charge >= 0.3 is 0 Å². The van der Waals surface area contributed by atoms with Crippen LogP contribution in [0.2, 0.25) is 0 Å². The van der Waals surface area contributed by atoms with E-state index in [0.29, 0.717) is 6.54 Å². The van der Waals surface area contributed by atoms with Crippen LogP contribution in [0.4, 0.5) is 0 Å². The summed E-state index contributed by atoms with van der Waals surface area (Å²) < 4.78 is 0. The first-order valence-electron chi connectivity index (χ1n) is 1.22. The molecule has 0 aliphatic carbocycles. The Morgan fingerprint density at radius 2 is 0.818 bits per heavy atom. The molecule has 0 spiro atoms. The predicted molar refractivity (Wildman–Crippen MR) is 41.4 cm³/mol. The molecule has 0 fully saturated rings. The lowest BCUT2D eigenvalue weighted by atomic mass is 10.8. The summed E-state index contributed by atoms with van der Waals surface area (Å²) in [6, 6.07) is 0. The van der Waals surface area contributed by atoms with Gasteiger partial charge in [0.15, 0.2) is 0 Å². The monoisotopic (exact) mass is 187 g/mol. The summed E-state index contributed by atoms with van der Waals surface area (Å²) in [6.45, 7) is 0.472. The number of aliphatic hydroxyl groups is 1. The van der Waals surface area contributed by atoms with Crippen LogP contribution in [0.25, 0.3) is 0 Å². The van der Waals surface area contributed by atoms with Gasteiger partial charge in [-0.15, -0.1) is 0 Å². The highest BCUT2D eigenvalue weighted by atomic mass is 16.3. The van der Waals surface area contributed by atoms with Crippen molar-refractivity contribution in [1.29, 1.82) is 0 Å². The second kappa shape index (κ2) is 268. The summed E-state index contributed by atoms with van der Waals surface area (Å²) in [4.78, 5) is 0. The van der Waals surface area contributed by atoms with E-state index in [1.807, 2.05) is 0 Å². The molecule has 82 valence electrons. The highest BCUT2D eigenvalue weighted by Crippen LogP contribution is 1.33. The van der Waals surface area contributed by atoms with Gasteiger partial charge < -0.3 is 49.2 Å². The Kier molecular flexibility index (Phi) is 3450. The zero-order chi connectivity index (χ0) is 3.41. The third-order valence-electron chi connectivity index (χ3n) is 0.129. The van der Waals surface area contributed by atoms with Gasteiger partial charge in [-0.1, -0.05) is 0 Å². The highest BCUT2D eigenvalue weighted by molar-refractivity contribution is 4.17. The molecule has 0 atom stereocenters. The van der Waals surface area contributed by atoms with Crippen molar-refractivity contribution in [2.75, 3.05) is 13.2 Å². The summed E-state index contributed by atoms with van der Waals surface area (Å²) in [7, 11) is 0. The Bertz CT molecular complexity index is 14.1. The largest absolute Gasteiger partial charge is 0.412 e. The van der Waals surface area contributed by atoms with E-state index in [-0.39, 0.29) is 44.9 Å². The minimum Gasteiger partial charge on any atom is -0.412 e. The van der Waals surface area contributed by atoms with Crippen LogP contribution >= 0.6 is 0 Å². The molecular formula is C2H21NO8. The maximum absolute atomic E-state index is 7.75. The number of hydrogen-bond acceptors (Lipinski definition) is 2. The minimum atomic E-state index is 0. The normalized spacial score (nSPS) is 2.73. The molecule has 0 saturated carbocycles. The number of rotatable bonds is 1. The first-order chi connectivity index (χ1) is 1.91. The van der Waals surface area contributed by atoms with Crippen LogP contribution in [0, 0.1) is 0 Å². The van der Waals surface area contributed by atoms with E-state index in [0.717, 1.165) is 0 Å². The first kappa shape index (κ1) is 142. The van der Waals surface area contributed by atoms with E-state index in [4.69, 9.17) is 10.8 Å². The van der Waals surface area contributed by atoms with Gasteiger partial charge in [-0.25, -0.2) is 0 Å². The third kappa shape index (κ3) is 1370. The van der Waals surface area contributed by atoms with Gasteiger partial charge in [-0.2, -0.15) is 0 Å². The van der Waals surface area contributed by atoms with Gasteiger partial charge in [-0.3, -0.25) is 0 Å². The van der Waals surface area contributed by atoms with Crippen molar-refractivity contribution in [3.8, 4) is 0 Å². The molecule has 0 aromatic heterocycles. The maximum atomic E-state index is 7.75. The van der Waals surface area contributed by atoms with Crippen LogP contribution in [0.3, 0.4) is 0 Å². The molecule has 0 aromatic carbocycles. The van der Waals surface area contributed by atoms with Crippen molar-refractivity contribution < 1.29 is 43.4 Å². The first-order valence-corrected chi connectivity index (χ1v) is 1.22. The van der Waals surface area contributed by atoms with Crippen LogP contribution < -0.4 is 5.73 Å². The molecule has 0 heterocycles. The topological polar surface area (TPSA) is 267 Å². The van der Waals surface area contributed by atoms with E-state index in [1.165, 1.54) is 0 Å². The van der Waals surface area contributed by atoms with Crippen LogP contribution in [0.5, 0.6) is 0 Å². The number of nitrogens with two attached hydrogens (primary N) is 1. The molecule has 0 saturated heterocycles. The lowest BCUT2D eigenvalue weighted by Crippen LogP contribution is -2.02. The van der Waals surface area contributed by atoms with E-state index < -0.39 is 0 Å². The van der Waals surface area contributed by atoms with Crippen LogP contribution in [-0.2, 0) is 0 Å². The molecule has 0 rings (SSSR count). The molecule has 11 heavy (non-hydrogen) atoms. The van der Waals surface area contributed by atoms with Crippen molar-refractivity contribution in [1.82, 2.24) is 0 Å². The second-order valence-electron chi connectivity index (χ2n) is 0.512. The molecule has 0 aromatic rings. The van der Waals surface area contributed by atoms with E-state index >= 15 is 0 Å². The number of hydrogen-bond donors (Lipinski definition) is 2. The molecule has 0 aliphatic rings. The summed E-state index contributed by atoms with van der Waals surface area (Å²) in [5.74, 6) is 0. The molecular weight excluding hydrogens is 166 g/mol. The fourth-order valence-corrected chi connectivity index (χ4v) is 0. The molecule has 17 N–H and O–H groups in total. The molecule has 0 aliphatic heterocycles. The van der Waals surface area contributed by atoms with E-state index in [2.05, 4.69) is 0 Å². The average molecular weight is 187 g/mol. The fourth-order valence-electron chi connectivity index (χ4n) is 0. The zero-order valence-corrected chi connectivity index (χ0v) is 5.94. The SMILES string of the molecule is NCCO.O.O.O.O.O.O.O. The van der Waals surface area contributed by atoms with Crippen molar-refractivity contribution in [2.24, 2.45) is 5.73 Å². The molecule has 0 amide bonds. The summed E-state index contributed by atoms with van der Waals surface area (Å²) in [5, 5.41) is 7.75. The van der Waals surface area contributed by atoms with Crippen molar-refractivity contribution in [2.45, 2.75) is 0 Å². The quantitative estimate of drug-likeness (QED) is 0.404. The average Bonchev–Trinajstić information content (AvgIpc) is 1.37. The molecule has 0 unspecified atom stereocenters. The van der Waals surface area contributed by atoms with Crippen LogP contribution in [-0.4, -0.2) is 56.6 Å². The van der Waals surface area contributed by atoms with E-state index in [1.54, 1.807) is 0 Å². The minimum absolute atomic E-state index is 0. The molecule has 9 nitrogen and oxygen atoms in total. The van der Waals surface area contributed by atoms with Gasteiger partial charge in [-0.05, 0) is 0 Å². The molecule has 0 bridgehead atoms. The van der Waals surface area contributed by atoms with Crippen molar-refractivity contribution >= 4 is 0 Å². The van der Waals surface area contributed by atoms with Gasteiger partial charge in [0, 0.05) is 6.54 Å². The van der Waals surface area contributed by atoms with Gasteiger partial charge in [0.05, 0.1) is 6.61 Å². The van der Waals surface area contributed by atoms with E-state index in [9.17, 15) is 0 Å². The van der Waals surface area contributed by atoms with Crippen molar-refractivity contribution in [3.63, 3.8) is 0 Å². The number of aliphatic hydroxyl groups excluding tert-OH is 1. The summed E-state index contributed by atoms with van der Waals surface area (Å²) >= 11 is 0. The Morgan fingerprint density at radius 1 is 0.727 bits per heavy atom. The summed E-state index contributed by atoms with van der Waals surface area (Å²) in [6.07, 6.45) is 0. The van der Waals surface area contributed by atoms with Crippen LogP contribution in [0.15, 0.2) is 0 Å². The summed E-state index contributed by atoms with van der Waals surface area (Å²) in [5.41, 5.74) is 4.78. The Morgan fingerprint density at radius 3 is 0.818 bits per heavy atom. The molecule has 0 radical (unpaired) electrons. The third-order valence-corrected chi connectivity index (χ3v) is 0.129. The highest BCUT2D eigenvalue weighted by Gasteiger charge is 1.56. The van der Waals surface area contributed by atoms with Crippen LogP contribution in [0.1, 0.15) is 0 Å². The van der Waals surface area contributed by atoms with Crippen molar-refractivity contribution in [3.05, 3.63) is 0 Å². The maximum Gasteiger partial charge on any atom is 0.0553 e. The second-order valence-corrected chi connectivity index (χ2v) is 0.512. The Balaban J connectivity index is -0.00000000214. The lowest BCUT2D eigenvalue weighted by molar-refractivity contribution is 0.306. The van der Waals surface area contributed by atoms with Gasteiger partial charge in [0.2, 0.25) is 0 Å². The smallest absolute Gasteiger partial charge is 0.0553 e. The fraction of sp³-hybridized carbons (Fsp3) is 1.00. The lowest BCUT2D eigenvalue weighted by Gasteiger charge is -1.71.